The van der Waals surface area contributed by atoms with Gasteiger partial charge in [0.2, 0.25) is 10.0 Å². The predicted octanol–water partition coefficient (Wildman–Crippen LogP) is 2.07. The maximum atomic E-state index is 12.2. The molecule has 3 N–H and O–H groups in total. The topological polar surface area (TPSA) is 87.3 Å². The van der Waals surface area contributed by atoms with Crippen LogP contribution >= 0.6 is 0 Å². The molecule has 0 heterocycles. The van der Waals surface area contributed by atoms with E-state index in [1.165, 1.54) is 22.3 Å². The number of anilines is 1. The van der Waals surface area contributed by atoms with Crippen LogP contribution in [0.5, 0.6) is 0 Å². The summed E-state index contributed by atoms with van der Waals surface area (Å²) in [5, 5.41) is 5.63. The zero-order valence-electron chi connectivity index (χ0n) is 14.1. The van der Waals surface area contributed by atoms with E-state index in [0.29, 0.717) is 6.54 Å². The molecule has 0 saturated heterocycles. The zero-order valence-corrected chi connectivity index (χ0v) is 14.9. The second-order valence-corrected chi connectivity index (χ2v) is 8.27. The van der Waals surface area contributed by atoms with Crippen LogP contribution in [-0.4, -0.2) is 26.9 Å². The van der Waals surface area contributed by atoms with E-state index in [-0.39, 0.29) is 5.88 Å². The minimum Gasteiger partial charge on any atom is -0.307 e. The largest absolute Gasteiger partial charge is 0.332 e. The molecule has 7 heteroatoms. The fourth-order valence-corrected chi connectivity index (χ4v) is 4.49. The second-order valence-electron chi connectivity index (χ2n) is 6.55. The van der Waals surface area contributed by atoms with Gasteiger partial charge in [-0.15, -0.1) is 0 Å². The van der Waals surface area contributed by atoms with Crippen LogP contribution < -0.4 is 15.4 Å². The van der Waals surface area contributed by atoms with E-state index in [1.54, 1.807) is 0 Å². The van der Waals surface area contributed by atoms with Crippen molar-refractivity contribution >= 4 is 21.7 Å². The second kappa shape index (κ2) is 7.11. The summed E-state index contributed by atoms with van der Waals surface area (Å²) in [5.41, 5.74) is 5.84. The zero-order chi connectivity index (χ0) is 17.2. The van der Waals surface area contributed by atoms with Crippen molar-refractivity contribution in [2.24, 2.45) is 0 Å². The third kappa shape index (κ3) is 3.72. The number of aryl methyl sites for hydroxylation is 2. The number of fused-ring (bicyclic) bond motifs is 2. The van der Waals surface area contributed by atoms with Crippen LogP contribution in [0.1, 0.15) is 48.4 Å². The van der Waals surface area contributed by atoms with Gasteiger partial charge >= 0.3 is 6.03 Å². The van der Waals surface area contributed by atoms with Crippen molar-refractivity contribution in [2.75, 3.05) is 17.7 Å². The maximum absolute atomic E-state index is 12.2. The summed E-state index contributed by atoms with van der Waals surface area (Å²) in [7, 11) is -3.67. The van der Waals surface area contributed by atoms with Gasteiger partial charge in [-0.25, -0.2) is 17.9 Å². The molecule has 3 rings (SSSR count). The fourth-order valence-electron chi connectivity index (χ4n) is 3.67. The summed E-state index contributed by atoms with van der Waals surface area (Å²) >= 11 is 0. The SMILES string of the molecule is CCCNCS(=O)(=O)NC(=O)Nc1c2c(cc3c1CCC3)CCC2. The summed E-state index contributed by atoms with van der Waals surface area (Å²) in [5.74, 6) is -0.251. The van der Waals surface area contributed by atoms with E-state index in [9.17, 15) is 13.2 Å². The number of nitrogens with one attached hydrogen (secondary N) is 3. The Morgan fingerprint density at radius 1 is 1.08 bits per heavy atom. The first-order valence-corrected chi connectivity index (χ1v) is 10.3. The molecule has 24 heavy (non-hydrogen) atoms. The fraction of sp³-hybridized carbons (Fsp3) is 0.588. The number of urea groups is 1. The van der Waals surface area contributed by atoms with Crippen LogP contribution in [0.25, 0.3) is 0 Å². The number of hydrogen-bond donors (Lipinski definition) is 3. The van der Waals surface area contributed by atoms with E-state index >= 15 is 0 Å². The first-order valence-electron chi connectivity index (χ1n) is 8.69. The lowest BCUT2D eigenvalue weighted by atomic mass is 9.99. The summed E-state index contributed by atoms with van der Waals surface area (Å²) in [6.07, 6.45) is 6.99. The molecule has 2 aliphatic carbocycles. The van der Waals surface area contributed by atoms with Crippen LogP contribution in [0.3, 0.4) is 0 Å². The highest BCUT2D eigenvalue weighted by Crippen LogP contribution is 2.38. The van der Waals surface area contributed by atoms with Crippen molar-refractivity contribution in [3.05, 3.63) is 28.3 Å². The Balaban J connectivity index is 1.74. The first kappa shape index (κ1) is 17.2. The van der Waals surface area contributed by atoms with Gasteiger partial charge in [0.25, 0.3) is 0 Å². The molecule has 0 atom stereocenters. The highest BCUT2D eigenvalue weighted by molar-refractivity contribution is 7.90. The molecular formula is C17H25N3O3S. The Hall–Kier alpha value is -1.60. The molecule has 2 amide bonds. The minimum atomic E-state index is -3.67. The minimum absolute atomic E-state index is 0.251. The summed E-state index contributed by atoms with van der Waals surface area (Å²) in [6, 6.07) is 1.61. The molecule has 1 aromatic rings. The van der Waals surface area contributed by atoms with Crippen LogP contribution in [0.2, 0.25) is 0 Å². The van der Waals surface area contributed by atoms with Gasteiger partial charge in [-0.3, -0.25) is 0 Å². The highest BCUT2D eigenvalue weighted by Gasteiger charge is 2.25. The molecule has 132 valence electrons. The van der Waals surface area contributed by atoms with Crippen LogP contribution in [0, 0.1) is 0 Å². The van der Waals surface area contributed by atoms with Crippen LogP contribution in [0.4, 0.5) is 10.5 Å². The average molecular weight is 351 g/mol. The summed E-state index contributed by atoms with van der Waals surface area (Å²) in [6.45, 7) is 2.55. The predicted molar refractivity (Wildman–Crippen MR) is 94.7 cm³/mol. The van der Waals surface area contributed by atoms with Crippen molar-refractivity contribution in [3.8, 4) is 0 Å². The lowest BCUT2D eigenvalue weighted by Crippen LogP contribution is -2.40. The maximum Gasteiger partial charge on any atom is 0.332 e. The summed E-state index contributed by atoms with van der Waals surface area (Å²) < 4.78 is 26.0. The molecule has 0 aromatic heterocycles. The molecule has 2 aliphatic rings. The molecule has 0 aliphatic heterocycles. The van der Waals surface area contributed by atoms with Gasteiger partial charge in [0.1, 0.15) is 5.88 Å². The summed E-state index contributed by atoms with van der Waals surface area (Å²) in [4.78, 5) is 12.2. The molecule has 0 unspecified atom stereocenters. The van der Waals surface area contributed by atoms with E-state index < -0.39 is 16.1 Å². The van der Waals surface area contributed by atoms with Gasteiger partial charge in [0, 0.05) is 5.69 Å². The van der Waals surface area contributed by atoms with Crippen molar-refractivity contribution in [3.63, 3.8) is 0 Å². The van der Waals surface area contributed by atoms with Gasteiger partial charge in [-0.05, 0) is 73.7 Å². The highest BCUT2D eigenvalue weighted by atomic mass is 32.2. The van der Waals surface area contributed by atoms with Gasteiger partial charge in [-0.1, -0.05) is 13.0 Å². The van der Waals surface area contributed by atoms with E-state index in [1.807, 2.05) is 6.92 Å². The van der Waals surface area contributed by atoms with Gasteiger partial charge in [-0.2, -0.15) is 0 Å². The molecule has 0 fully saturated rings. The lowest BCUT2D eigenvalue weighted by Gasteiger charge is -2.16. The molecule has 0 spiro atoms. The Kier molecular flexibility index (Phi) is 5.10. The first-order chi connectivity index (χ1) is 11.5. The number of carbonyl (C=O) groups is 1. The number of sulfonamides is 1. The van der Waals surface area contributed by atoms with Gasteiger partial charge in [0.05, 0.1) is 0 Å². The van der Waals surface area contributed by atoms with E-state index in [0.717, 1.165) is 50.6 Å². The molecule has 0 bridgehead atoms. The Morgan fingerprint density at radius 3 is 2.29 bits per heavy atom. The van der Waals surface area contributed by atoms with Gasteiger partial charge < -0.3 is 10.6 Å². The Labute approximate surface area is 143 Å². The normalized spacial score (nSPS) is 15.9. The molecular weight excluding hydrogens is 326 g/mol. The molecule has 1 aromatic carbocycles. The molecule has 0 saturated carbocycles. The van der Waals surface area contributed by atoms with Gasteiger partial charge in [0.15, 0.2) is 0 Å². The quantitative estimate of drug-likeness (QED) is 0.685. The van der Waals surface area contributed by atoms with Crippen molar-refractivity contribution in [1.82, 2.24) is 10.0 Å². The number of rotatable bonds is 6. The Morgan fingerprint density at radius 2 is 1.71 bits per heavy atom. The van der Waals surface area contributed by atoms with Crippen LogP contribution in [-0.2, 0) is 35.7 Å². The standard InChI is InChI=1S/C17H25N3O3S/c1-2-9-18-11-24(22,23)20-17(21)19-16-14-7-3-5-12(14)10-13-6-4-8-15(13)16/h10,18H,2-9,11H2,1H3,(H2,19,20,21). The number of carbonyl (C=O) groups excluding carboxylic acids is 1. The monoisotopic (exact) mass is 351 g/mol. The average Bonchev–Trinajstić information content (AvgIpc) is 3.15. The Bertz CT molecular complexity index is 712. The van der Waals surface area contributed by atoms with Crippen molar-refractivity contribution < 1.29 is 13.2 Å². The molecule has 6 nitrogen and oxygen atoms in total. The number of amides is 2. The van der Waals surface area contributed by atoms with E-state index in [2.05, 4.69) is 21.4 Å². The number of benzene rings is 1. The molecule has 0 radical (unpaired) electrons. The number of hydrogen-bond acceptors (Lipinski definition) is 4. The third-order valence-corrected chi connectivity index (χ3v) is 5.76. The van der Waals surface area contributed by atoms with Crippen molar-refractivity contribution in [2.45, 2.75) is 51.9 Å². The van der Waals surface area contributed by atoms with Crippen molar-refractivity contribution in [1.29, 1.82) is 0 Å². The third-order valence-electron chi connectivity index (χ3n) is 4.68. The van der Waals surface area contributed by atoms with Crippen LogP contribution in [0.15, 0.2) is 6.07 Å². The lowest BCUT2D eigenvalue weighted by molar-refractivity contribution is 0.256. The smallest absolute Gasteiger partial charge is 0.307 e. The van der Waals surface area contributed by atoms with E-state index in [4.69, 9.17) is 0 Å².